The lowest BCUT2D eigenvalue weighted by Crippen LogP contribution is -2.39. The Balaban J connectivity index is 2.65. The molecule has 1 heterocycles. The van der Waals surface area contributed by atoms with Gasteiger partial charge in [-0.25, -0.2) is 4.79 Å². The van der Waals surface area contributed by atoms with Crippen LogP contribution in [0.5, 0.6) is 5.75 Å². The fourth-order valence-corrected chi connectivity index (χ4v) is 2.12. The molecular weight excluding hydrogens is 246 g/mol. The molecule has 0 fully saturated rings. The summed E-state index contributed by atoms with van der Waals surface area (Å²) < 4.78 is 2.63. The summed E-state index contributed by atoms with van der Waals surface area (Å²) in [5.74, 6) is 0.0185. The first kappa shape index (κ1) is 13.4. The monoisotopic (exact) mass is 263 g/mol. The molecule has 0 radical (unpaired) electrons. The normalized spacial score (nSPS) is 11.1. The predicted octanol–water partition coefficient (Wildman–Crippen LogP) is 0.0153. The van der Waals surface area contributed by atoms with Crippen LogP contribution in [0.15, 0.2) is 27.8 Å². The van der Waals surface area contributed by atoms with Gasteiger partial charge in [0.1, 0.15) is 5.75 Å². The van der Waals surface area contributed by atoms with Crippen LogP contribution >= 0.6 is 0 Å². The maximum Gasteiger partial charge on any atom is 0.331 e. The van der Waals surface area contributed by atoms with Gasteiger partial charge in [0.05, 0.1) is 10.9 Å². The zero-order valence-electron chi connectivity index (χ0n) is 11.0. The number of rotatable bonds is 4. The number of hydrogen-bond acceptors (Lipinski definition) is 4. The summed E-state index contributed by atoms with van der Waals surface area (Å²) in [6, 6.07) is 4.43. The number of aromatic hydroxyl groups is 1. The molecule has 0 saturated carbocycles. The molecule has 0 atom stereocenters. The lowest BCUT2D eigenvalue weighted by molar-refractivity contribution is 0.475. The van der Waals surface area contributed by atoms with E-state index in [-0.39, 0.29) is 17.0 Å². The van der Waals surface area contributed by atoms with E-state index in [1.807, 2.05) is 7.05 Å². The Labute approximate surface area is 109 Å². The van der Waals surface area contributed by atoms with Gasteiger partial charge in [0.2, 0.25) is 0 Å². The Hall–Kier alpha value is -2.08. The van der Waals surface area contributed by atoms with E-state index in [1.54, 1.807) is 13.1 Å². The largest absolute Gasteiger partial charge is 0.508 e. The van der Waals surface area contributed by atoms with Crippen molar-refractivity contribution in [3.8, 4) is 5.75 Å². The van der Waals surface area contributed by atoms with Gasteiger partial charge in [0, 0.05) is 13.6 Å². The van der Waals surface area contributed by atoms with E-state index in [0.29, 0.717) is 23.9 Å². The number of aryl methyl sites for hydroxylation is 1. The fourth-order valence-electron chi connectivity index (χ4n) is 2.12. The van der Waals surface area contributed by atoms with Crippen LogP contribution in [0.1, 0.15) is 6.42 Å². The first-order valence-corrected chi connectivity index (χ1v) is 6.13. The standard InChI is InChI=1S/C13H17N3O3/c1-14-6-3-7-16-12(18)10-8-9(17)4-5-11(10)15(2)13(16)19/h4-5,8,14,17H,3,6-7H2,1-2H3. The number of aromatic nitrogens is 2. The van der Waals surface area contributed by atoms with Crippen LogP contribution in [0, 0.1) is 0 Å². The van der Waals surface area contributed by atoms with Crippen LogP contribution in [0.3, 0.4) is 0 Å². The van der Waals surface area contributed by atoms with Crippen molar-refractivity contribution >= 4 is 10.9 Å². The number of benzene rings is 1. The highest BCUT2D eigenvalue weighted by molar-refractivity contribution is 5.79. The summed E-state index contributed by atoms with van der Waals surface area (Å²) in [7, 11) is 3.44. The zero-order valence-corrected chi connectivity index (χ0v) is 11.0. The van der Waals surface area contributed by atoms with E-state index >= 15 is 0 Å². The topological polar surface area (TPSA) is 76.3 Å². The minimum absolute atomic E-state index is 0.0185. The maximum atomic E-state index is 12.3. The molecule has 19 heavy (non-hydrogen) atoms. The van der Waals surface area contributed by atoms with E-state index in [2.05, 4.69) is 5.32 Å². The van der Waals surface area contributed by atoms with Gasteiger partial charge in [-0.3, -0.25) is 13.9 Å². The van der Waals surface area contributed by atoms with Crippen molar-refractivity contribution < 1.29 is 5.11 Å². The molecule has 0 unspecified atom stereocenters. The van der Waals surface area contributed by atoms with Crippen LogP contribution < -0.4 is 16.6 Å². The lowest BCUT2D eigenvalue weighted by Gasteiger charge is -2.10. The molecule has 0 spiro atoms. The third-order valence-corrected chi connectivity index (χ3v) is 3.14. The number of nitrogens with one attached hydrogen (secondary N) is 1. The number of fused-ring (bicyclic) bond motifs is 1. The molecule has 0 saturated heterocycles. The molecule has 102 valence electrons. The molecule has 6 nitrogen and oxygen atoms in total. The van der Waals surface area contributed by atoms with Crippen LogP contribution in [0.2, 0.25) is 0 Å². The second kappa shape index (κ2) is 5.27. The summed E-state index contributed by atoms with van der Waals surface area (Å²) in [4.78, 5) is 24.4. The average molecular weight is 263 g/mol. The van der Waals surface area contributed by atoms with Gasteiger partial charge in [0.15, 0.2) is 0 Å². The fraction of sp³-hybridized carbons (Fsp3) is 0.385. The molecule has 2 N–H and O–H groups in total. The quantitative estimate of drug-likeness (QED) is 0.762. The molecule has 0 aliphatic rings. The molecule has 0 aliphatic carbocycles. The van der Waals surface area contributed by atoms with Gasteiger partial charge in [0.25, 0.3) is 5.56 Å². The van der Waals surface area contributed by atoms with Crippen molar-refractivity contribution in [1.82, 2.24) is 14.5 Å². The van der Waals surface area contributed by atoms with Crippen molar-refractivity contribution in [2.24, 2.45) is 7.05 Å². The van der Waals surface area contributed by atoms with E-state index in [4.69, 9.17) is 0 Å². The van der Waals surface area contributed by atoms with Gasteiger partial charge in [-0.15, -0.1) is 0 Å². The summed E-state index contributed by atoms with van der Waals surface area (Å²) in [5, 5.41) is 12.8. The minimum atomic E-state index is -0.356. The summed E-state index contributed by atoms with van der Waals surface area (Å²) in [6.45, 7) is 1.09. The first-order chi connectivity index (χ1) is 9.06. The second-order valence-electron chi connectivity index (χ2n) is 4.46. The second-order valence-corrected chi connectivity index (χ2v) is 4.46. The van der Waals surface area contributed by atoms with Crippen molar-refractivity contribution in [1.29, 1.82) is 0 Å². The Morgan fingerprint density at radius 1 is 1.32 bits per heavy atom. The Morgan fingerprint density at radius 3 is 2.74 bits per heavy atom. The summed E-state index contributed by atoms with van der Waals surface area (Å²) in [5.41, 5.74) is -0.165. The highest BCUT2D eigenvalue weighted by atomic mass is 16.3. The molecule has 2 rings (SSSR count). The van der Waals surface area contributed by atoms with Crippen LogP contribution in [-0.2, 0) is 13.6 Å². The van der Waals surface area contributed by atoms with Gasteiger partial charge < -0.3 is 10.4 Å². The van der Waals surface area contributed by atoms with Crippen LogP contribution in [0.4, 0.5) is 0 Å². The van der Waals surface area contributed by atoms with Crippen LogP contribution in [0.25, 0.3) is 10.9 Å². The van der Waals surface area contributed by atoms with E-state index < -0.39 is 0 Å². The Bertz CT molecular complexity index is 715. The third-order valence-electron chi connectivity index (χ3n) is 3.14. The first-order valence-electron chi connectivity index (χ1n) is 6.13. The van der Waals surface area contributed by atoms with Crippen molar-refractivity contribution in [3.05, 3.63) is 39.0 Å². The molecule has 1 aromatic heterocycles. The zero-order chi connectivity index (χ0) is 14.0. The highest BCUT2D eigenvalue weighted by Gasteiger charge is 2.10. The van der Waals surface area contributed by atoms with Gasteiger partial charge in [-0.2, -0.15) is 0 Å². The number of hydrogen-bond donors (Lipinski definition) is 2. The SMILES string of the molecule is CNCCCn1c(=O)c2cc(O)ccc2n(C)c1=O. The molecule has 1 aromatic carbocycles. The summed E-state index contributed by atoms with van der Waals surface area (Å²) >= 11 is 0. The maximum absolute atomic E-state index is 12.3. The van der Waals surface area contributed by atoms with E-state index in [0.717, 1.165) is 6.54 Å². The van der Waals surface area contributed by atoms with E-state index in [9.17, 15) is 14.7 Å². The molecule has 2 aromatic rings. The van der Waals surface area contributed by atoms with Crippen molar-refractivity contribution in [2.75, 3.05) is 13.6 Å². The highest BCUT2D eigenvalue weighted by Crippen LogP contribution is 2.14. The number of nitrogens with zero attached hydrogens (tertiary/aromatic N) is 2. The number of phenols is 1. The molecule has 6 heteroatoms. The molecular formula is C13H17N3O3. The van der Waals surface area contributed by atoms with Crippen LogP contribution in [-0.4, -0.2) is 27.8 Å². The van der Waals surface area contributed by atoms with Crippen molar-refractivity contribution in [2.45, 2.75) is 13.0 Å². The van der Waals surface area contributed by atoms with Gasteiger partial charge in [-0.1, -0.05) is 0 Å². The third kappa shape index (κ3) is 2.39. The van der Waals surface area contributed by atoms with E-state index in [1.165, 1.54) is 21.3 Å². The Morgan fingerprint density at radius 2 is 2.05 bits per heavy atom. The van der Waals surface area contributed by atoms with Gasteiger partial charge >= 0.3 is 5.69 Å². The minimum Gasteiger partial charge on any atom is -0.508 e. The Kier molecular flexibility index (Phi) is 3.71. The predicted molar refractivity (Wildman–Crippen MR) is 73.7 cm³/mol. The molecule has 0 aliphatic heterocycles. The number of phenolic OH excluding ortho intramolecular Hbond substituents is 1. The summed E-state index contributed by atoms with van der Waals surface area (Å²) in [6.07, 6.45) is 0.690. The smallest absolute Gasteiger partial charge is 0.331 e. The van der Waals surface area contributed by atoms with Gasteiger partial charge in [-0.05, 0) is 38.2 Å². The lowest BCUT2D eigenvalue weighted by atomic mass is 10.2. The van der Waals surface area contributed by atoms with Crippen molar-refractivity contribution in [3.63, 3.8) is 0 Å². The molecule has 0 bridgehead atoms. The molecule has 0 amide bonds. The average Bonchev–Trinajstić information content (AvgIpc) is 2.40.